The van der Waals surface area contributed by atoms with Crippen molar-refractivity contribution in [1.29, 1.82) is 0 Å². The highest BCUT2D eigenvalue weighted by Gasteiger charge is 2.33. The minimum absolute atomic E-state index is 0.0345. The van der Waals surface area contributed by atoms with E-state index >= 15 is 0 Å². The highest BCUT2D eigenvalue weighted by molar-refractivity contribution is 6.43. The van der Waals surface area contributed by atoms with Gasteiger partial charge in [0.1, 0.15) is 0 Å². The topological polar surface area (TPSA) is 116 Å². The summed E-state index contributed by atoms with van der Waals surface area (Å²) in [4.78, 5) is 10.8. The molecule has 0 aromatic carbocycles. The Labute approximate surface area is 88.6 Å². The maximum atomic E-state index is 10.8. The van der Waals surface area contributed by atoms with Crippen LogP contribution in [-0.2, 0) is 4.79 Å². The maximum Gasteiger partial charge on any atom is 0.469 e. The fraction of sp³-hybridized carbons (Fsp3) is 0.875. The predicted octanol–water partition coefficient (Wildman–Crippen LogP) is -1.97. The van der Waals surface area contributed by atoms with E-state index in [0.717, 1.165) is 0 Å². The van der Waals surface area contributed by atoms with Gasteiger partial charge in [-0.25, -0.2) is 0 Å². The average molecular weight is 216 g/mol. The summed E-state index contributed by atoms with van der Waals surface area (Å²) in [6.07, 6.45) is 1.02. The van der Waals surface area contributed by atoms with Crippen LogP contribution in [0.3, 0.4) is 0 Å². The highest BCUT2D eigenvalue weighted by atomic mass is 16.4. The Morgan fingerprint density at radius 3 is 2.73 bits per heavy atom. The zero-order chi connectivity index (χ0) is 11.4. The Morgan fingerprint density at radius 2 is 2.20 bits per heavy atom. The summed E-state index contributed by atoms with van der Waals surface area (Å²) in [6, 6.07) is 0. The van der Waals surface area contributed by atoms with Gasteiger partial charge in [-0.2, -0.15) is 0 Å². The molecule has 0 aromatic rings. The Kier molecular flexibility index (Phi) is 4.53. The Morgan fingerprint density at radius 1 is 1.53 bits per heavy atom. The van der Waals surface area contributed by atoms with E-state index in [1.54, 1.807) is 0 Å². The van der Waals surface area contributed by atoms with E-state index in [2.05, 4.69) is 5.32 Å². The predicted molar refractivity (Wildman–Crippen MR) is 54.9 cm³/mol. The quantitative estimate of drug-likeness (QED) is 0.340. The van der Waals surface area contributed by atoms with Crippen LogP contribution in [0.5, 0.6) is 0 Å². The molecule has 0 saturated carbocycles. The van der Waals surface area contributed by atoms with Gasteiger partial charge in [0.25, 0.3) is 0 Å². The largest absolute Gasteiger partial charge is 0.481 e. The second-order valence-corrected chi connectivity index (χ2v) is 4.02. The van der Waals surface area contributed by atoms with Crippen molar-refractivity contribution in [2.24, 2.45) is 17.6 Å². The second-order valence-electron chi connectivity index (χ2n) is 4.02. The molecule has 1 rings (SSSR count). The van der Waals surface area contributed by atoms with Gasteiger partial charge < -0.3 is 26.2 Å². The molecule has 0 amide bonds. The van der Waals surface area contributed by atoms with Crippen LogP contribution in [0, 0.1) is 11.8 Å². The number of hydrogen-bond acceptors (Lipinski definition) is 5. The summed E-state index contributed by atoms with van der Waals surface area (Å²) in [5.74, 6) is -1.84. The van der Waals surface area contributed by atoms with Gasteiger partial charge in [0.15, 0.2) is 0 Å². The second kappa shape index (κ2) is 5.46. The molecule has 1 saturated heterocycles. The number of rotatable bonds is 5. The molecule has 0 radical (unpaired) electrons. The molecule has 15 heavy (non-hydrogen) atoms. The van der Waals surface area contributed by atoms with Crippen LogP contribution in [0.1, 0.15) is 12.8 Å². The fourth-order valence-corrected chi connectivity index (χ4v) is 1.88. The van der Waals surface area contributed by atoms with Gasteiger partial charge in [-0.1, -0.05) is 0 Å². The third-order valence-corrected chi connectivity index (χ3v) is 2.91. The van der Waals surface area contributed by atoms with Crippen molar-refractivity contribution < 1.29 is 19.9 Å². The number of nitrogens with one attached hydrogen (secondary N) is 1. The van der Waals surface area contributed by atoms with Gasteiger partial charge in [0, 0.05) is 12.5 Å². The third kappa shape index (κ3) is 3.46. The lowest BCUT2D eigenvalue weighted by Crippen LogP contribution is -2.39. The van der Waals surface area contributed by atoms with Crippen molar-refractivity contribution in [2.45, 2.75) is 18.8 Å². The first-order valence-electron chi connectivity index (χ1n) is 5.07. The number of aliphatic carboxylic acids is 1. The van der Waals surface area contributed by atoms with Crippen molar-refractivity contribution in [2.75, 3.05) is 13.1 Å². The minimum atomic E-state index is -1.53. The molecule has 86 valence electrons. The molecular weight excluding hydrogens is 199 g/mol. The molecule has 1 aliphatic heterocycles. The Hall–Kier alpha value is -0.625. The number of carboxylic acid groups (broad SMARTS) is 1. The summed E-state index contributed by atoms with van der Waals surface area (Å²) in [5.41, 5.74) is 5.45. The van der Waals surface area contributed by atoms with E-state index in [1.165, 1.54) is 0 Å². The number of carbonyl (C=O) groups is 1. The maximum absolute atomic E-state index is 10.8. The van der Waals surface area contributed by atoms with Crippen LogP contribution in [0.2, 0.25) is 0 Å². The summed E-state index contributed by atoms with van der Waals surface area (Å²) in [7, 11) is -1.53. The third-order valence-electron chi connectivity index (χ3n) is 2.91. The first-order chi connectivity index (χ1) is 7.02. The van der Waals surface area contributed by atoms with E-state index < -0.39 is 19.0 Å². The van der Waals surface area contributed by atoms with Crippen molar-refractivity contribution >= 4 is 13.1 Å². The summed E-state index contributed by atoms with van der Waals surface area (Å²) in [6.45, 7) is 1.14. The number of hydrogen-bond donors (Lipinski definition) is 5. The van der Waals surface area contributed by atoms with E-state index in [-0.39, 0.29) is 11.8 Å². The molecule has 1 aliphatic rings. The molecule has 3 atom stereocenters. The average Bonchev–Trinajstić information content (AvgIpc) is 2.61. The lowest BCUT2D eigenvalue weighted by molar-refractivity contribution is -0.142. The molecule has 2 unspecified atom stereocenters. The zero-order valence-electron chi connectivity index (χ0n) is 8.47. The van der Waals surface area contributed by atoms with Gasteiger partial charge >= 0.3 is 13.1 Å². The van der Waals surface area contributed by atoms with Gasteiger partial charge in [-0.15, -0.1) is 0 Å². The SMILES string of the molecule is N[C@H](CCC1CNCC1C(=O)O)B(O)O. The van der Waals surface area contributed by atoms with Crippen LogP contribution in [0.15, 0.2) is 0 Å². The van der Waals surface area contributed by atoms with E-state index in [0.29, 0.717) is 25.9 Å². The molecule has 0 spiro atoms. The lowest BCUT2D eigenvalue weighted by Gasteiger charge is -2.16. The Bertz CT molecular complexity index is 227. The van der Waals surface area contributed by atoms with E-state index in [9.17, 15) is 4.79 Å². The molecule has 0 bridgehead atoms. The van der Waals surface area contributed by atoms with Gasteiger partial charge in [-0.05, 0) is 25.3 Å². The number of nitrogens with two attached hydrogens (primary N) is 1. The van der Waals surface area contributed by atoms with Crippen LogP contribution >= 0.6 is 0 Å². The van der Waals surface area contributed by atoms with Crippen molar-refractivity contribution in [3.8, 4) is 0 Å². The van der Waals surface area contributed by atoms with Crippen molar-refractivity contribution in [1.82, 2.24) is 5.32 Å². The monoisotopic (exact) mass is 216 g/mol. The molecule has 1 heterocycles. The van der Waals surface area contributed by atoms with E-state index in [1.807, 2.05) is 0 Å². The highest BCUT2D eigenvalue weighted by Crippen LogP contribution is 2.22. The van der Waals surface area contributed by atoms with Gasteiger partial charge in [-0.3, -0.25) is 4.79 Å². The molecule has 0 aromatic heterocycles. The van der Waals surface area contributed by atoms with Crippen LogP contribution in [0.4, 0.5) is 0 Å². The Balaban J connectivity index is 2.34. The molecule has 7 heteroatoms. The van der Waals surface area contributed by atoms with Crippen LogP contribution < -0.4 is 11.1 Å². The normalized spacial score (nSPS) is 27.7. The molecule has 0 aliphatic carbocycles. The first-order valence-corrected chi connectivity index (χ1v) is 5.07. The molecular formula is C8H17BN2O4. The van der Waals surface area contributed by atoms with Crippen LogP contribution in [-0.4, -0.2) is 47.3 Å². The van der Waals surface area contributed by atoms with Crippen LogP contribution in [0.25, 0.3) is 0 Å². The molecule has 1 fully saturated rings. The molecule has 6 nitrogen and oxygen atoms in total. The minimum Gasteiger partial charge on any atom is -0.481 e. The fourth-order valence-electron chi connectivity index (χ4n) is 1.88. The van der Waals surface area contributed by atoms with Crippen molar-refractivity contribution in [3.05, 3.63) is 0 Å². The molecule has 6 N–H and O–H groups in total. The zero-order valence-corrected chi connectivity index (χ0v) is 8.47. The summed E-state index contributed by atoms with van der Waals surface area (Å²) in [5, 5.41) is 29.4. The van der Waals surface area contributed by atoms with Crippen molar-refractivity contribution in [3.63, 3.8) is 0 Å². The smallest absolute Gasteiger partial charge is 0.469 e. The van der Waals surface area contributed by atoms with Gasteiger partial charge in [0.2, 0.25) is 0 Å². The first kappa shape index (κ1) is 12.4. The lowest BCUT2D eigenvalue weighted by atomic mass is 9.75. The number of carboxylic acids is 1. The summed E-state index contributed by atoms with van der Waals surface area (Å²) >= 11 is 0. The van der Waals surface area contributed by atoms with E-state index in [4.69, 9.17) is 20.9 Å². The van der Waals surface area contributed by atoms with Gasteiger partial charge in [0.05, 0.1) is 5.92 Å². The standard InChI is InChI=1S/C8H17BN2O4/c10-7(9(14)15)2-1-5-3-11-4-6(5)8(12)13/h5-7,11,14-15H,1-4,10H2,(H,12,13)/t5?,6?,7-/m1/s1. The summed E-state index contributed by atoms with van der Waals surface area (Å²) < 4.78 is 0.